The Labute approximate surface area is 117 Å². The number of carbonyl (C=O) groups is 1. The lowest BCUT2D eigenvalue weighted by molar-refractivity contribution is 0.0601. The van der Waals surface area contributed by atoms with Gasteiger partial charge in [0.25, 0.3) is 0 Å². The lowest BCUT2D eigenvalue weighted by atomic mass is 9.97. The number of carbonyl (C=O) groups excluding carboxylic acids is 1. The monoisotopic (exact) mass is 262 g/mol. The molecule has 3 aromatic carbocycles. The molecule has 3 rings (SSSR count). The molecule has 20 heavy (non-hydrogen) atoms. The van der Waals surface area contributed by atoms with E-state index in [0.717, 1.165) is 11.1 Å². The van der Waals surface area contributed by atoms with Crippen LogP contribution in [0.15, 0.2) is 66.7 Å². The summed E-state index contributed by atoms with van der Waals surface area (Å²) < 4.78 is 4.78. The predicted octanol–water partition coefficient (Wildman–Crippen LogP) is 4.29. The minimum Gasteiger partial charge on any atom is -0.465 e. The zero-order valence-electron chi connectivity index (χ0n) is 11.2. The van der Waals surface area contributed by atoms with Crippen LogP contribution in [0.1, 0.15) is 10.4 Å². The molecular formula is C18H14O2. The van der Waals surface area contributed by atoms with Crippen LogP contribution in [0.5, 0.6) is 0 Å². The molecular weight excluding hydrogens is 248 g/mol. The van der Waals surface area contributed by atoms with E-state index in [-0.39, 0.29) is 5.97 Å². The van der Waals surface area contributed by atoms with Gasteiger partial charge in [-0.3, -0.25) is 0 Å². The second-order valence-corrected chi connectivity index (χ2v) is 4.60. The first kappa shape index (κ1) is 12.4. The number of fused-ring (bicyclic) bond motifs is 1. The smallest absolute Gasteiger partial charge is 0.337 e. The maximum Gasteiger partial charge on any atom is 0.337 e. The fraction of sp³-hybridized carbons (Fsp3) is 0.0556. The van der Waals surface area contributed by atoms with Gasteiger partial charge in [0, 0.05) is 0 Å². The van der Waals surface area contributed by atoms with Crippen molar-refractivity contribution in [2.75, 3.05) is 7.11 Å². The van der Waals surface area contributed by atoms with Crippen LogP contribution in [0, 0.1) is 0 Å². The second-order valence-electron chi connectivity index (χ2n) is 4.60. The molecule has 0 fully saturated rings. The van der Waals surface area contributed by atoms with E-state index >= 15 is 0 Å². The molecule has 0 amide bonds. The summed E-state index contributed by atoms with van der Waals surface area (Å²) >= 11 is 0. The molecule has 0 radical (unpaired) electrons. The van der Waals surface area contributed by atoms with Crippen LogP contribution in [0.3, 0.4) is 0 Å². The van der Waals surface area contributed by atoms with Crippen molar-refractivity contribution >= 4 is 16.7 Å². The average Bonchev–Trinajstić information content (AvgIpc) is 2.53. The molecule has 0 aliphatic carbocycles. The molecule has 0 heterocycles. The van der Waals surface area contributed by atoms with E-state index in [0.29, 0.717) is 5.56 Å². The predicted molar refractivity (Wildman–Crippen MR) is 80.7 cm³/mol. The van der Waals surface area contributed by atoms with Gasteiger partial charge >= 0.3 is 5.97 Å². The topological polar surface area (TPSA) is 26.3 Å². The van der Waals surface area contributed by atoms with Crippen molar-refractivity contribution in [1.82, 2.24) is 0 Å². The van der Waals surface area contributed by atoms with Crippen molar-refractivity contribution in [2.24, 2.45) is 0 Å². The number of hydrogen-bond acceptors (Lipinski definition) is 2. The van der Waals surface area contributed by atoms with Gasteiger partial charge < -0.3 is 4.74 Å². The Kier molecular flexibility index (Phi) is 3.21. The largest absolute Gasteiger partial charge is 0.465 e. The van der Waals surface area contributed by atoms with E-state index in [1.165, 1.54) is 17.9 Å². The quantitative estimate of drug-likeness (QED) is 0.644. The van der Waals surface area contributed by atoms with Gasteiger partial charge in [0.2, 0.25) is 0 Å². The highest BCUT2D eigenvalue weighted by Crippen LogP contribution is 2.29. The Bertz CT molecular complexity index is 770. The van der Waals surface area contributed by atoms with E-state index < -0.39 is 0 Å². The van der Waals surface area contributed by atoms with Gasteiger partial charge in [0.05, 0.1) is 12.7 Å². The fourth-order valence-electron chi connectivity index (χ4n) is 2.41. The molecule has 98 valence electrons. The van der Waals surface area contributed by atoms with Crippen LogP contribution in [-0.4, -0.2) is 13.1 Å². The molecule has 0 aromatic heterocycles. The van der Waals surface area contributed by atoms with Crippen molar-refractivity contribution in [3.05, 3.63) is 72.3 Å². The van der Waals surface area contributed by atoms with Crippen LogP contribution in [-0.2, 0) is 4.74 Å². The summed E-state index contributed by atoms with van der Waals surface area (Å²) in [6.45, 7) is 0. The van der Waals surface area contributed by atoms with Crippen LogP contribution in [0.4, 0.5) is 0 Å². The van der Waals surface area contributed by atoms with Gasteiger partial charge in [0.1, 0.15) is 0 Å². The first-order valence-corrected chi connectivity index (χ1v) is 6.46. The van der Waals surface area contributed by atoms with Gasteiger partial charge in [-0.05, 0) is 34.0 Å². The standard InChI is InChI=1S/C18H14O2/c1-20-18(19)15-9-4-8-14(12-15)17-11-5-7-13-6-2-3-10-16(13)17/h2-12H,1H3. The minimum absolute atomic E-state index is 0.313. The van der Waals surface area contributed by atoms with Crippen molar-refractivity contribution in [3.63, 3.8) is 0 Å². The SMILES string of the molecule is COC(=O)c1cccc(-c2cccc3ccccc23)c1. The number of benzene rings is 3. The highest BCUT2D eigenvalue weighted by atomic mass is 16.5. The summed E-state index contributed by atoms with van der Waals surface area (Å²) in [6, 6.07) is 21.9. The van der Waals surface area contributed by atoms with Crippen LogP contribution >= 0.6 is 0 Å². The van der Waals surface area contributed by atoms with Crippen molar-refractivity contribution < 1.29 is 9.53 Å². The third kappa shape index (κ3) is 2.16. The Morgan fingerprint density at radius 1 is 0.900 bits per heavy atom. The highest BCUT2D eigenvalue weighted by molar-refractivity contribution is 5.98. The molecule has 2 heteroatoms. The molecule has 2 nitrogen and oxygen atoms in total. The Morgan fingerprint density at radius 2 is 1.65 bits per heavy atom. The maximum atomic E-state index is 11.6. The summed E-state index contributed by atoms with van der Waals surface area (Å²) in [5.74, 6) is -0.313. The van der Waals surface area contributed by atoms with Crippen LogP contribution in [0.25, 0.3) is 21.9 Å². The molecule has 0 atom stereocenters. The highest BCUT2D eigenvalue weighted by Gasteiger charge is 2.08. The van der Waals surface area contributed by atoms with Crippen molar-refractivity contribution in [3.8, 4) is 11.1 Å². The first-order chi connectivity index (χ1) is 9.79. The zero-order chi connectivity index (χ0) is 13.9. The van der Waals surface area contributed by atoms with Crippen molar-refractivity contribution in [2.45, 2.75) is 0 Å². The molecule has 0 N–H and O–H groups in total. The maximum absolute atomic E-state index is 11.6. The molecule has 0 aliphatic rings. The van der Waals surface area contributed by atoms with E-state index in [2.05, 4.69) is 24.3 Å². The minimum atomic E-state index is -0.313. The average molecular weight is 262 g/mol. The lowest BCUT2D eigenvalue weighted by Crippen LogP contribution is -2.00. The van der Waals surface area contributed by atoms with Gasteiger partial charge in [-0.2, -0.15) is 0 Å². The summed E-state index contributed by atoms with van der Waals surface area (Å²) in [4.78, 5) is 11.6. The normalized spacial score (nSPS) is 10.4. The van der Waals surface area contributed by atoms with E-state index in [1.54, 1.807) is 6.07 Å². The molecule has 0 saturated heterocycles. The number of ether oxygens (including phenoxy) is 1. The van der Waals surface area contributed by atoms with Crippen LogP contribution in [0.2, 0.25) is 0 Å². The summed E-state index contributed by atoms with van der Waals surface area (Å²) in [7, 11) is 1.40. The fourth-order valence-corrected chi connectivity index (χ4v) is 2.41. The number of esters is 1. The molecule has 3 aromatic rings. The van der Waals surface area contributed by atoms with Gasteiger partial charge in [-0.15, -0.1) is 0 Å². The van der Waals surface area contributed by atoms with E-state index in [9.17, 15) is 4.79 Å². The van der Waals surface area contributed by atoms with E-state index in [1.807, 2.05) is 36.4 Å². The number of rotatable bonds is 2. The molecule has 0 aliphatic heterocycles. The third-order valence-electron chi connectivity index (χ3n) is 3.38. The van der Waals surface area contributed by atoms with Gasteiger partial charge in [-0.25, -0.2) is 4.79 Å². The summed E-state index contributed by atoms with van der Waals surface area (Å²) in [6.07, 6.45) is 0. The number of hydrogen-bond donors (Lipinski definition) is 0. The summed E-state index contributed by atoms with van der Waals surface area (Å²) in [5, 5.41) is 2.37. The summed E-state index contributed by atoms with van der Waals surface area (Å²) in [5.41, 5.74) is 2.71. The van der Waals surface area contributed by atoms with E-state index in [4.69, 9.17) is 4.74 Å². The Morgan fingerprint density at radius 3 is 2.50 bits per heavy atom. The third-order valence-corrected chi connectivity index (χ3v) is 3.38. The molecule has 0 bridgehead atoms. The first-order valence-electron chi connectivity index (χ1n) is 6.46. The van der Waals surface area contributed by atoms with Gasteiger partial charge in [0.15, 0.2) is 0 Å². The second kappa shape index (κ2) is 5.17. The molecule has 0 saturated carbocycles. The molecule has 0 spiro atoms. The number of methoxy groups -OCH3 is 1. The Balaban J connectivity index is 2.18. The zero-order valence-corrected chi connectivity index (χ0v) is 11.2. The van der Waals surface area contributed by atoms with Crippen molar-refractivity contribution in [1.29, 1.82) is 0 Å². The Hall–Kier alpha value is -2.61. The van der Waals surface area contributed by atoms with Crippen LogP contribution < -0.4 is 0 Å². The van der Waals surface area contributed by atoms with Gasteiger partial charge in [-0.1, -0.05) is 54.6 Å². The lowest BCUT2D eigenvalue weighted by Gasteiger charge is -2.08. The molecule has 0 unspecified atom stereocenters.